The highest BCUT2D eigenvalue weighted by molar-refractivity contribution is 5.39. The molecule has 0 radical (unpaired) electrons. The summed E-state index contributed by atoms with van der Waals surface area (Å²) in [5.74, 6) is 0.641. The lowest BCUT2D eigenvalue weighted by atomic mass is 10.4. The third kappa shape index (κ3) is 4.22. The Morgan fingerprint density at radius 3 is 2.94 bits per heavy atom. The molecule has 0 atom stereocenters. The van der Waals surface area contributed by atoms with E-state index in [1.165, 1.54) is 12.3 Å². The fraction of sp³-hybridized carbons (Fsp3) is 0.500. The lowest BCUT2D eigenvalue weighted by molar-refractivity contribution is -0.385. The van der Waals surface area contributed by atoms with Crippen molar-refractivity contribution in [1.82, 2.24) is 4.98 Å². The number of nitrogens with one attached hydrogen (secondary N) is 1. The van der Waals surface area contributed by atoms with Crippen LogP contribution in [-0.2, 0) is 4.74 Å². The molecule has 0 saturated heterocycles. The van der Waals surface area contributed by atoms with Gasteiger partial charge in [-0.05, 0) is 19.4 Å². The highest BCUT2D eigenvalue weighted by Crippen LogP contribution is 2.11. The summed E-state index contributed by atoms with van der Waals surface area (Å²) in [4.78, 5) is 13.8. The van der Waals surface area contributed by atoms with Gasteiger partial charge in [-0.25, -0.2) is 4.98 Å². The number of nitrogens with zero attached hydrogens (tertiary/aromatic N) is 2. The van der Waals surface area contributed by atoms with E-state index in [1.807, 2.05) is 6.92 Å². The molecule has 0 unspecified atom stereocenters. The molecule has 0 aromatic carbocycles. The first-order valence-electron chi connectivity index (χ1n) is 5.16. The number of nitro groups is 1. The normalized spacial score (nSPS) is 10.1. The summed E-state index contributed by atoms with van der Waals surface area (Å²) in [5, 5.41) is 13.4. The maximum absolute atomic E-state index is 10.4. The van der Waals surface area contributed by atoms with E-state index in [1.54, 1.807) is 6.07 Å². The van der Waals surface area contributed by atoms with Crippen molar-refractivity contribution in [2.24, 2.45) is 0 Å². The minimum atomic E-state index is -0.466. The molecule has 1 aromatic rings. The summed E-state index contributed by atoms with van der Waals surface area (Å²) in [5.41, 5.74) is -0.000124. The summed E-state index contributed by atoms with van der Waals surface area (Å²) < 4.78 is 5.17. The quantitative estimate of drug-likeness (QED) is 0.435. The van der Waals surface area contributed by atoms with Crippen molar-refractivity contribution >= 4 is 11.5 Å². The first-order valence-corrected chi connectivity index (χ1v) is 5.16. The van der Waals surface area contributed by atoms with Crippen molar-refractivity contribution in [2.45, 2.75) is 13.3 Å². The number of hydrogen-bond donors (Lipinski definition) is 1. The maximum Gasteiger partial charge on any atom is 0.287 e. The fourth-order valence-corrected chi connectivity index (χ4v) is 1.13. The van der Waals surface area contributed by atoms with E-state index < -0.39 is 4.92 Å². The smallest absolute Gasteiger partial charge is 0.287 e. The van der Waals surface area contributed by atoms with Gasteiger partial charge in [0.2, 0.25) is 0 Å². The molecular weight excluding hydrogens is 210 g/mol. The summed E-state index contributed by atoms with van der Waals surface area (Å²) >= 11 is 0. The predicted octanol–water partition coefficient (Wildman–Crippen LogP) is 1.83. The zero-order valence-corrected chi connectivity index (χ0v) is 9.18. The van der Waals surface area contributed by atoms with Crippen LogP contribution in [0.15, 0.2) is 18.3 Å². The second kappa shape index (κ2) is 6.73. The third-order valence-electron chi connectivity index (χ3n) is 1.93. The van der Waals surface area contributed by atoms with Crippen LogP contribution >= 0.6 is 0 Å². The minimum Gasteiger partial charge on any atom is -0.382 e. The highest BCUT2D eigenvalue weighted by Gasteiger charge is 2.04. The monoisotopic (exact) mass is 225 g/mol. The Kier molecular flexibility index (Phi) is 5.21. The molecule has 16 heavy (non-hydrogen) atoms. The van der Waals surface area contributed by atoms with Crippen LogP contribution in [0.2, 0.25) is 0 Å². The predicted molar refractivity (Wildman–Crippen MR) is 60.5 cm³/mol. The van der Waals surface area contributed by atoms with Crippen LogP contribution in [0.25, 0.3) is 0 Å². The Hall–Kier alpha value is -1.69. The van der Waals surface area contributed by atoms with Crippen molar-refractivity contribution in [2.75, 3.05) is 25.1 Å². The van der Waals surface area contributed by atoms with E-state index in [0.717, 1.165) is 19.6 Å². The van der Waals surface area contributed by atoms with Gasteiger partial charge in [0.25, 0.3) is 5.69 Å². The molecule has 0 amide bonds. The van der Waals surface area contributed by atoms with Crippen molar-refractivity contribution < 1.29 is 9.66 Å². The third-order valence-corrected chi connectivity index (χ3v) is 1.93. The van der Waals surface area contributed by atoms with Crippen LogP contribution in [0.5, 0.6) is 0 Å². The molecular formula is C10H15N3O3. The van der Waals surface area contributed by atoms with Crippen LogP contribution in [0.3, 0.4) is 0 Å². The molecule has 88 valence electrons. The molecule has 0 aliphatic carbocycles. The van der Waals surface area contributed by atoms with Gasteiger partial charge in [0.1, 0.15) is 12.0 Å². The second-order valence-corrected chi connectivity index (χ2v) is 3.14. The Morgan fingerprint density at radius 1 is 1.56 bits per heavy atom. The van der Waals surface area contributed by atoms with Crippen molar-refractivity contribution in [3.8, 4) is 0 Å². The van der Waals surface area contributed by atoms with Gasteiger partial charge < -0.3 is 10.1 Å². The molecule has 0 saturated carbocycles. The van der Waals surface area contributed by atoms with Gasteiger partial charge in [-0.1, -0.05) is 0 Å². The molecule has 0 bridgehead atoms. The van der Waals surface area contributed by atoms with E-state index in [2.05, 4.69) is 10.3 Å². The van der Waals surface area contributed by atoms with Crippen LogP contribution < -0.4 is 5.32 Å². The number of hydrogen-bond acceptors (Lipinski definition) is 5. The number of rotatable bonds is 7. The van der Waals surface area contributed by atoms with Gasteiger partial charge in [-0.2, -0.15) is 0 Å². The number of pyridine rings is 1. The minimum absolute atomic E-state index is 0.000124. The van der Waals surface area contributed by atoms with Gasteiger partial charge in [-0.15, -0.1) is 0 Å². The van der Waals surface area contributed by atoms with E-state index in [4.69, 9.17) is 4.74 Å². The molecule has 0 aliphatic rings. The Morgan fingerprint density at radius 2 is 2.38 bits per heavy atom. The number of aromatic nitrogens is 1. The molecule has 1 rings (SSSR count). The average molecular weight is 225 g/mol. The zero-order valence-electron chi connectivity index (χ0n) is 9.18. The van der Waals surface area contributed by atoms with E-state index >= 15 is 0 Å². The van der Waals surface area contributed by atoms with Gasteiger partial charge in [0.05, 0.1) is 4.92 Å². The molecule has 0 fully saturated rings. The first kappa shape index (κ1) is 12.4. The van der Waals surface area contributed by atoms with Gasteiger partial charge >= 0.3 is 0 Å². The van der Waals surface area contributed by atoms with Crippen LogP contribution in [0.4, 0.5) is 11.5 Å². The molecule has 6 nitrogen and oxygen atoms in total. The van der Waals surface area contributed by atoms with Gasteiger partial charge in [-0.3, -0.25) is 10.1 Å². The largest absolute Gasteiger partial charge is 0.382 e. The average Bonchev–Trinajstić information content (AvgIpc) is 2.29. The van der Waals surface area contributed by atoms with Gasteiger partial charge in [0.15, 0.2) is 0 Å². The first-order chi connectivity index (χ1) is 7.74. The molecule has 6 heteroatoms. The number of ether oxygens (including phenoxy) is 1. The van der Waals surface area contributed by atoms with Crippen LogP contribution in [-0.4, -0.2) is 29.7 Å². The summed E-state index contributed by atoms with van der Waals surface area (Å²) in [6.07, 6.45) is 2.12. The summed E-state index contributed by atoms with van der Waals surface area (Å²) in [6, 6.07) is 3.02. The molecule has 0 aliphatic heterocycles. The Balaban J connectivity index is 2.29. The van der Waals surface area contributed by atoms with E-state index in [9.17, 15) is 10.1 Å². The Labute approximate surface area is 93.8 Å². The maximum atomic E-state index is 10.4. The molecule has 1 aromatic heterocycles. The van der Waals surface area contributed by atoms with E-state index in [-0.39, 0.29) is 5.69 Å². The molecule has 1 heterocycles. The zero-order chi connectivity index (χ0) is 11.8. The molecule has 1 N–H and O–H groups in total. The van der Waals surface area contributed by atoms with Crippen molar-refractivity contribution in [3.63, 3.8) is 0 Å². The summed E-state index contributed by atoms with van der Waals surface area (Å²) in [6.45, 7) is 4.11. The SMILES string of the molecule is CCOCCCNc1ccc([N+](=O)[O-])cn1. The molecule has 0 spiro atoms. The van der Waals surface area contributed by atoms with Crippen LogP contribution in [0.1, 0.15) is 13.3 Å². The van der Waals surface area contributed by atoms with Crippen LogP contribution in [0, 0.1) is 10.1 Å². The standard InChI is InChI=1S/C10H15N3O3/c1-2-16-7-3-6-11-10-5-4-9(8-12-10)13(14)15/h4-5,8H,2-3,6-7H2,1H3,(H,11,12). The Bertz CT molecular complexity index is 327. The summed E-state index contributed by atoms with van der Waals surface area (Å²) in [7, 11) is 0. The van der Waals surface area contributed by atoms with Crippen molar-refractivity contribution in [1.29, 1.82) is 0 Å². The lowest BCUT2D eigenvalue weighted by Crippen LogP contribution is -2.06. The van der Waals surface area contributed by atoms with Gasteiger partial charge in [0, 0.05) is 25.8 Å². The number of anilines is 1. The van der Waals surface area contributed by atoms with Crippen molar-refractivity contribution in [3.05, 3.63) is 28.4 Å². The lowest BCUT2D eigenvalue weighted by Gasteiger charge is -2.04. The van der Waals surface area contributed by atoms with E-state index in [0.29, 0.717) is 12.4 Å². The fourth-order valence-electron chi connectivity index (χ4n) is 1.13. The highest BCUT2D eigenvalue weighted by atomic mass is 16.6. The topological polar surface area (TPSA) is 77.3 Å². The second-order valence-electron chi connectivity index (χ2n) is 3.14.